The summed E-state index contributed by atoms with van der Waals surface area (Å²) in [5.74, 6) is 0.567. The van der Waals surface area contributed by atoms with Gasteiger partial charge in [0.2, 0.25) is 0 Å². The van der Waals surface area contributed by atoms with Gasteiger partial charge in [-0.05, 0) is 6.92 Å². The van der Waals surface area contributed by atoms with Crippen molar-refractivity contribution in [3.8, 4) is 0 Å². The minimum atomic E-state index is -0.0929. The molecule has 6 heteroatoms. The molecule has 5 nitrogen and oxygen atoms in total. The lowest BCUT2D eigenvalue weighted by Gasteiger charge is -2.00. The van der Waals surface area contributed by atoms with Gasteiger partial charge >= 0.3 is 0 Å². The molecule has 1 N–H and O–H groups in total. The van der Waals surface area contributed by atoms with E-state index in [0.29, 0.717) is 12.4 Å². The zero-order valence-corrected chi connectivity index (χ0v) is 8.53. The Kier molecular flexibility index (Phi) is 2.55. The molecule has 0 atom stereocenters. The first kappa shape index (κ1) is 9.29. The molecule has 0 aromatic carbocycles. The van der Waals surface area contributed by atoms with Crippen LogP contribution >= 0.6 is 11.3 Å². The molecule has 0 amide bonds. The monoisotopic (exact) mass is 210 g/mol. The number of nitrogens with zero attached hydrogens (tertiary/aromatic N) is 4. The number of hydrogen-bond acceptors (Lipinski definition) is 5. The lowest BCUT2D eigenvalue weighted by Crippen LogP contribution is -2.03. The van der Waals surface area contributed by atoms with Crippen molar-refractivity contribution in [2.75, 3.05) is 0 Å². The highest BCUT2D eigenvalue weighted by molar-refractivity contribution is 7.11. The third-order valence-corrected chi connectivity index (χ3v) is 2.71. The van der Waals surface area contributed by atoms with Crippen LogP contribution in [0.1, 0.15) is 15.7 Å². The predicted molar refractivity (Wildman–Crippen MR) is 51.9 cm³/mol. The number of aliphatic hydroxyl groups excluding tert-OH is 1. The van der Waals surface area contributed by atoms with Gasteiger partial charge in [-0.2, -0.15) is 0 Å². The van der Waals surface area contributed by atoms with Gasteiger partial charge in [0.05, 0.1) is 6.54 Å². The van der Waals surface area contributed by atoms with Gasteiger partial charge in [0.15, 0.2) is 5.82 Å². The zero-order valence-electron chi connectivity index (χ0n) is 7.71. The number of aryl methyl sites for hydroxylation is 1. The second kappa shape index (κ2) is 3.85. The van der Waals surface area contributed by atoms with E-state index in [9.17, 15) is 0 Å². The average Bonchev–Trinajstić information content (AvgIpc) is 2.76. The maximum atomic E-state index is 8.95. The quantitative estimate of drug-likeness (QED) is 0.805. The first-order chi connectivity index (χ1) is 6.79. The van der Waals surface area contributed by atoms with Crippen molar-refractivity contribution < 1.29 is 5.11 Å². The largest absolute Gasteiger partial charge is 0.388 e. The van der Waals surface area contributed by atoms with Gasteiger partial charge in [0.1, 0.15) is 17.9 Å². The molecular weight excluding hydrogens is 200 g/mol. The van der Waals surface area contributed by atoms with Crippen molar-refractivity contribution in [3.05, 3.63) is 28.2 Å². The molecule has 14 heavy (non-hydrogen) atoms. The summed E-state index contributed by atoms with van der Waals surface area (Å²) in [6, 6.07) is 0. The summed E-state index contributed by atoms with van der Waals surface area (Å²) in [4.78, 5) is 5.41. The molecule has 2 aromatic heterocycles. The van der Waals surface area contributed by atoms with E-state index < -0.39 is 0 Å². The molecule has 0 saturated heterocycles. The van der Waals surface area contributed by atoms with Crippen molar-refractivity contribution in [2.45, 2.75) is 20.1 Å². The highest BCUT2D eigenvalue weighted by atomic mass is 32.1. The molecule has 0 unspecified atom stereocenters. The fraction of sp³-hybridized carbons (Fsp3) is 0.375. The Morgan fingerprint density at radius 3 is 3.07 bits per heavy atom. The molecule has 0 bridgehead atoms. The Morgan fingerprint density at radius 1 is 1.57 bits per heavy atom. The molecule has 2 aromatic rings. The van der Waals surface area contributed by atoms with E-state index in [4.69, 9.17) is 5.11 Å². The number of rotatable bonds is 3. The second-order valence-electron chi connectivity index (χ2n) is 2.90. The predicted octanol–water partition coefficient (Wildman–Crippen LogP) is 0.584. The van der Waals surface area contributed by atoms with E-state index in [1.807, 2.05) is 13.1 Å². The van der Waals surface area contributed by atoms with Crippen LogP contribution in [0.15, 0.2) is 12.5 Å². The molecule has 0 aliphatic rings. The van der Waals surface area contributed by atoms with E-state index in [-0.39, 0.29) is 6.61 Å². The molecule has 0 radical (unpaired) electrons. The maximum Gasteiger partial charge on any atom is 0.158 e. The number of aliphatic hydroxyl groups is 1. The maximum absolute atomic E-state index is 8.95. The molecule has 0 spiro atoms. The molecule has 2 rings (SSSR count). The molecule has 2 heterocycles. The molecule has 0 saturated carbocycles. The molecule has 0 aliphatic carbocycles. The molecular formula is C8H10N4OS. The topological polar surface area (TPSA) is 63.8 Å². The summed E-state index contributed by atoms with van der Waals surface area (Å²) >= 11 is 1.64. The lowest BCUT2D eigenvalue weighted by molar-refractivity contribution is 0.265. The Balaban J connectivity index is 2.18. The third kappa shape index (κ3) is 1.80. The van der Waals surface area contributed by atoms with Crippen LogP contribution < -0.4 is 0 Å². The first-order valence-corrected chi connectivity index (χ1v) is 5.00. The van der Waals surface area contributed by atoms with E-state index >= 15 is 0 Å². The van der Waals surface area contributed by atoms with Crippen molar-refractivity contribution >= 4 is 11.3 Å². The highest BCUT2D eigenvalue weighted by Crippen LogP contribution is 2.12. The number of thiazole rings is 1. The van der Waals surface area contributed by atoms with Crippen LogP contribution in [0.5, 0.6) is 0 Å². The SMILES string of the molecule is Cc1cnc(Cn2cnnc2CO)s1. The van der Waals surface area contributed by atoms with E-state index in [0.717, 1.165) is 5.01 Å². The number of hydrogen-bond donors (Lipinski definition) is 1. The number of aromatic nitrogens is 4. The average molecular weight is 210 g/mol. The Morgan fingerprint density at radius 2 is 2.43 bits per heavy atom. The van der Waals surface area contributed by atoms with Crippen molar-refractivity contribution in [1.82, 2.24) is 19.7 Å². The fourth-order valence-corrected chi connectivity index (χ4v) is 1.94. The highest BCUT2D eigenvalue weighted by Gasteiger charge is 2.05. The smallest absolute Gasteiger partial charge is 0.158 e. The Bertz CT molecular complexity index is 422. The summed E-state index contributed by atoms with van der Waals surface area (Å²) in [6.45, 7) is 2.55. The minimum Gasteiger partial charge on any atom is -0.388 e. The van der Waals surface area contributed by atoms with E-state index in [1.54, 1.807) is 22.2 Å². The summed E-state index contributed by atoms with van der Waals surface area (Å²) in [5, 5.41) is 17.5. The van der Waals surface area contributed by atoms with Crippen LogP contribution in [0, 0.1) is 6.92 Å². The van der Waals surface area contributed by atoms with Crippen LogP contribution in [-0.4, -0.2) is 24.9 Å². The van der Waals surface area contributed by atoms with Gasteiger partial charge in [0.25, 0.3) is 0 Å². The van der Waals surface area contributed by atoms with Gasteiger partial charge in [-0.3, -0.25) is 0 Å². The molecule has 0 fully saturated rings. The van der Waals surface area contributed by atoms with Crippen LogP contribution in [-0.2, 0) is 13.2 Å². The standard InChI is InChI=1S/C8H10N4OS/c1-6-2-9-8(14-6)3-12-5-10-11-7(12)4-13/h2,5,13H,3-4H2,1H3. The third-order valence-electron chi connectivity index (χ3n) is 1.81. The van der Waals surface area contributed by atoms with Crippen LogP contribution in [0.3, 0.4) is 0 Å². The van der Waals surface area contributed by atoms with Crippen LogP contribution in [0.25, 0.3) is 0 Å². The summed E-state index contributed by atoms with van der Waals surface area (Å²) in [7, 11) is 0. The van der Waals surface area contributed by atoms with E-state index in [2.05, 4.69) is 15.2 Å². The van der Waals surface area contributed by atoms with Crippen molar-refractivity contribution in [1.29, 1.82) is 0 Å². The van der Waals surface area contributed by atoms with Crippen LogP contribution in [0.4, 0.5) is 0 Å². The van der Waals surface area contributed by atoms with Gasteiger partial charge in [-0.1, -0.05) is 0 Å². The zero-order chi connectivity index (χ0) is 9.97. The summed E-state index contributed by atoms with van der Waals surface area (Å²) in [6.07, 6.45) is 3.44. The fourth-order valence-electron chi connectivity index (χ4n) is 1.15. The summed E-state index contributed by atoms with van der Waals surface area (Å²) < 4.78 is 1.79. The normalized spacial score (nSPS) is 10.7. The summed E-state index contributed by atoms with van der Waals surface area (Å²) in [5.41, 5.74) is 0. The molecule has 0 aliphatic heterocycles. The van der Waals surface area contributed by atoms with Gasteiger partial charge < -0.3 is 9.67 Å². The minimum absolute atomic E-state index is 0.0929. The van der Waals surface area contributed by atoms with Crippen LogP contribution in [0.2, 0.25) is 0 Å². The first-order valence-electron chi connectivity index (χ1n) is 4.18. The van der Waals surface area contributed by atoms with Crippen molar-refractivity contribution in [2.24, 2.45) is 0 Å². The lowest BCUT2D eigenvalue weighted by atomic mass is 10.5. The molecule has 74 valence electrons. The van der Waals surface area contributed by atoms with Crippen molar-refractivity contribution in [3.63, 3.8) is 0 Å². The van der Waals surface area contributed by atoms with Gasteiger partial charge in [-0.15, -0.1) is 21.5 Å². The Hall–Kier alpha value is -1.27. The van der Waals surface area contributed by atoms with Gasteiger partial charge in [0, 0.05) is 11.1 Å². The Labute approximate surface area is 85.1 Å². The van der Waals surface area contributed by atoms with Gasteiger partial charge in [-0.25, -0.2) is 4.98 Å². The second-order valence-corrected chi connectivity index (χ2v) is 4.22. The van der Waals surface area contributed by atoms with E-state index in [1.165, 1.54) is 4.88 Å².